The summed E-state index contributed by atoms with van der Waals surface area (Å²) in [5.74, 6) is -0.859. The van der Waals surface area contributed by atoms with Crippen molar-refractivity contribution in [3.8, 4) is 11.4 Å². The Labute approximate surface area is 161 Å². The fraction of sp³-hybridized carbons (Fsp3) is 0.200. The van der Waals surface area contributed by atoms with E-state index in [4.69, 9.17) is 12.2 Å². The molecule has 0 saturated heterocycles. The molecule has 0 unspecified atom stereocenters. The molecular weight excluding hydrogens is 365 g/mol. The van der Waals surface area contributed by atoms with E-state index in [1.54, 1.807) is 12.1 Å². The molecule has 5 nitrogen and oxygen atoms in total. The fourth-order valence-corrected chi connectivity index (χ4v) is 2.93. The van der Waals surface area contributed by atoms with Gasteiger partial charge in [-0.05, 0) is 59.6 Å². The second kappa shape index (κ2) is 7.00. The Morgan fingerprint density at radius 1 is 1.19 bits per heavy atom. The molecule has 3 rings (SSSR count). The Morgan fingerprint density at radius 3 is 2.48 bits per heavy atom. The van der Waals surface area contributed by atoms with Gasteiger partial charge in [-0.2, -0.15) is 0 Å². The number of phenols is 1. The van der Waals surface area contributed by atoms with Crippen LogP contribution in [-0.2, 0) is 5.41 Å². The van der Waals surface area contributed by atoms with E-state index in [0.29, 0.717) is 16.1 Å². The van der Waals surface area contributed by atoms with Crippen molar-refractivity contribution in [2.24, 2.45) is 0 Å². The van der Waals surface area contributed by atoms with E-state index < -0.39 is 5.91 Å². The van der Waals surface area contributed by atoms with Gasteiger partial charge in [0.15, 0.2) is 4.77 Å². The highest BCUT2D eigenvalue weighted by molar-refractivity contribution is 7.71. The van der Waals surface area contributed by atoms with Crippen LogP contribution in [0, 0.1) is 10.6 Å². The number of hydrogen-bond acceptors (Lipinski definition) is 3. The van der Waals surface area contributed by atoms with E-state index in [1.165, 1.54) is 35.0 Å². The summed E-state index contributed by atoms with van der Waals surface area (Å²) in [4.78, 5) is 15.6. The number of aromatic nitrogens is 2. The number of amides is 1. The average molecular weight is 385 g/mol. The van der Waals surface area contributed by atoms with E-state index in [0.717, 1.165) is 5.56 Å². The van der Waals surface area contributed by atoms with Crippen molar-refractivity contribution in [3.05, 3.63) is 70.5 Å². The zero-order chi connectivity index (χ0) is 19.8. The highest BCUT2D eigenvalue weighted by Gasteiger charge is 2.19. The molecule has 1 heterocycles. The smallest absolute Gasteiger partial charge is 0.274 e. The number of H-pyrrole nitrogens is 1. The minimum absolute atomic E-state index is 0.0289. The number of benzene rings is 2. The zero-order valence-corrected chi connectivity index (χ0v) is 16.0. The molecule has 0 aliphatic carbocycles. The molecule has 0 bridgehead atoms. The number of anilines is 1. The third kappa shape index (κ3) is 3.93. The zero-order valence-electron chi connectivity index (χ0n) is 15.2. The second-order valence-corrected chi connectivity index (χ2v) is 7.61. The second-order valence-electron chi connectivity index (χ2n) is 7.23. The van der Waals surface area contributed by atoms with Crippen molar-refractivity contribution in [2.45, 2.75) is 26.2 Å². The third-order valence-corrected chi connectivity index (χ3v) is 4.51. The first-order valence-electron chi connectivity index (χ1n) is 8.38. The van der Waals surface area contributed by atoms with Crippen LogP contribution >= 0.6 is 12.2 Å². The maximum Gasteiger partial charge on any atom is 0.274 e. The molecule has 3 aromatic rings. The summed E-state index contributed by atoms with van der Waals surface area (Å²) in [6.07, 6.45) is 1.48. The van der Waals surface area contributed by atoms with Gasteiger partial charge in [-0.3, -0.25) is 9.36 Å². The number of nitrogens with one attached hydrogen (secondary N) is 2. The van der Waals surface area contributed by atoms with E-state index >= 15 is 0 Å². The van der Waals surface area contributed by atoms with Crippen molar-refractivity contribution < 1.29 is 14.3 Å². The van der Waals surface area contributed by atoms with E-state index in [2.05, 4.69) is 10.3 Å². The van der Waals surface area contributed by atoms with Gasteiger partial charge in [0, 0.05) is 11.9 Å². The number of hydrogen-bond donors (Lipinski definition) is 3. The monoisotopic (exact) mass is 385 g/mol. The largest absolute Gasteiger partial charge is 0.506 e. The molecule has 0 aliphatic rings. The first kappa shape index (κ1) is 18.8. The summed E-state index contributed by atoms with van der Waals surface area (Å²) in [7, 11) is 0. The maximum absolute atomic E-state index is 13.2. The lowest BCUT2D eigenvalue weighted by Crippen LogP contribution is -2.17. The number of phenolic OH excluding ortho intramolecular Hbond substituents is 1. The summed E-state index contributed by atoms with van der Waals surface area (Å²) in [5.41, 5.74) is 1.95. The highest BCUT2D eigenvalue weighted by Crippen LogP contribution is 2.31. The molecule has 0 atom stereocenters. The lowest BCUT2D eigenvalue weighted by atomic mass is 9.87. The van der Waals surface area contributed by atoms with E-state index in [9.17, 15) is 14.3 Å². The van der Waals surface area contributed by atoms with E-state index in [1.807, 2.05) is 26.8 Å². The van der Waals surface area contributed by atoms with Crippen LogP contribution in [0.4, 0.5) is 10.1 Å². The van der Waals surface area contributed by atoms with Crippen molar-refractivity contribution >= 4 is 23.8 Å². The molecule has 0 fully saturated rings. The van der Waals surface area contributed by atoms with Gasteiger partial charge in [0.25, 0.3) is 5.91 Å². The van der Waals surface area contributed by atoms with Crippen LogP contribution in [0.2, 0.25) is 0 Å². The lowest BCUT2D eigenvalue weighted by Gasteiger charge is -2.20. The molecular formula is C20H20FN3O2S. The number of aromatic hydroxyl groups is 1. The molecule has 27 heavy (non-hydrogen) atoms. The summed E-state index contributed by atoms with van der Waals surface area (Å²) in [6.45, 7) is 6.13. The number of nitrogens with zero attached hydrogens (tertiary/aromatic N) is 1. The minimum Gasteiger partial charge on any atom is -0.506 e. The van der Waals surface area contributed by atoms with Crippen LogP contribution in [0.5, 0.6) is 5.75 Å². The Balaban J connectivity index is 1.97. The fourth-order valence-electron chi connectivity index (χ4n) is 2.67. The van der Waals surface area contributed by atoms with E-state index in [-0.39, 0.29) is 22.7 Å². The van der Waals surface area contributed by atoms with Crippen LogP contribution in [-0.4, -0.2) is 20.6 Å². The third-order valence-electron chi connectivity index (χ3n) is 4.20. The average Bonchev–Trinajstić information content (AvgIpc) is 2.98. The van der Waals surface area contributed by atoms with Crippen molar-refractivity contribution in [1.29, 1.82) is 0 Å². The normalized spacial score (nSPS) is 11.4. The predicted octanol–water partition coefficient (Wildman–Crippen LogP) is 4.93. The molecule has 0 radical (unpaired) electrons. The molecule has 140 valence electrons. The molecule has 3 N–H and O–H groups in total. The van der Waals surface area contributed by atoms with Gasteiger partial charge in [-0.1, -0.05) is 26.8 Å². The minimum atomic E-state index is -0.451. The Hall–Kier alpha value is -2.93. The van der Waals surface area contributed by atoms with Crippen LogP contribution in [0.15, 0.2) is 48.7 Å². The summed E-state index contributed by atoms with van der Waals surface area (Å²) in [5, 5.41) is 12.9. The molecule has 1 aromatic heterocycles. The Morgan fingerprint density at radius 2 is 1.85 bits per heavy atom. The van der Waals surface area contributed by atoms with Crippen LogP contribution in [0.25, 0.3) is 5.69 Å². The van der Waals surface area contributed by atoms with Gasteiger partial charge < -0.3 is 15.4 Å². The molecule has 0 aliphatic heterocycles. The first-order valence-corrected chi connectivity index (χ1v) is 8.79. The number of halogens is 1. The van der Waals surface area contributed by atoms with Gasteiger partial charge in [-0.25, -0.2) is 4.39 Å². The first-order chi connectivity index (χ1) is 12.7. The number of carbonyl (C=O) groups is 1. The number of carbonyl (C=O) groups excluding carboxylic acids is 1. The summed E-state index contributed by atoms with van der Waals surface area (Å²) < 4.78 is 15.0. The van der Waals surface area contributed by atoms with Crippen molar-refractivity contribution in [3.63, 3.8) is 0 Å². The van der Waals surface area contributed by atoms with Gasteiger partial charge in [-0.15, -0.1) is 0 Å². The van der Waals surface area contributed by atoms with Gasteiger partial charge in [0.1, 0.15) is 17.3 Å². The molecule has 0 spiro atoms. The van der Waals surface area contributed by atoms with Gasteiger partial charge in [0.2, 0.25) is 0 Å². The number of imidazole rings is 1. The van der Waals surface area contributed by atoms with Crippen LogP contribution < -0.4 is 5.32 Å². The SMILES string of the molecule is CC(C)(C)c1ccc(O)c(NC(=O)c2c[nH]c(=S)n2-c2ccc(F)cc2)c1. The molecule has 1 amide bonds. The van der Waals surface area contributed by atoms with Crippen molar-refractivity contribution in [1.82, 2.24) is 9.55 Å². The standard InChI is InChI=1S/C20H20FN3O2S/c1-20(2,3)12-4-9-17(25)15(10-12)23-18(26)16-11-22-19(27)24(16)14-7-5-13(21)6-8-14/h4-11,25H,1-3H3,(H,22,27)(H,23,26). The molecule has 7 heteroatoms. The molecule has 2 aromatic carbocycles. The number of rotatable bonds is 3. The van der Waals surface area contributed by atoms with Gasteiger partial charge >= 0.3 is 0 Å². The van der Waals surface area contributed by atoms with Crippen molar-refractivity contribution in [2.75, 3.05) is 5.32 Å². The highest BCUT2D eigenvalue weighted by atomic mass is 32.1. The maximum atomic E-state index is 13.2. The topological polar surface area (TPSA) is 70.1 Å². The van der Waals surface area contributed by atoms with Crippen LogP contribution in [0.3, 0.4) is 0 Å². The number of aromatic amines is 1. The summed E-state index contributed by atoms with van der Waals surface area (Å²) >= 11 is 5.25. The predicted molar refractivity (Wildman–Crippen MR) is 106 cm³/mol. The Kier molecular flexibility index (Phi) is 4.89. The molecule has 0 saturated carbocycles. The van der Waals surface area contributed by atoms with Gasteiger partial charge in [0.05, 0.1) is 5.69 Å². The lowest BCUT2D eigenvalue weighted by molar-refractivity contribution is 0.102. The quantitative estimate of drug-likeness (QED) is 0.442. The Bertz CT molecular complexity index is 1050. The van der Waals surface area contributed by atoms with Crippen LogP contribution in [0.1, 0.15) is 36.8 Å². The summed E-state index contributed by atoms with van der Waals surface area (Å²) in [6, 6.07) is 10.8.